The van der Waals surface area contributed by atoms with Gasteiger partial charge in [0.25, 0.3) is 5.91 Å². The Hall–Kier alpha value is -3.53. The highest BCUT2D eigenvalue weighted by atomic mass is 32.2. The molecule has 0 saturated carbocycles. The van der Waals surface area contributed by atoms with Crippen LogP contribution in [0.3, 0.4) is 0 Å². The second-order valence-corrected chi connectivity index (χ2v) is 8.90. The normalized spacial score (nSPS) is 14.3. The van der Waals surface area contributed by atoms with Crippen LogP contribution < -0.4 is 20.1 Å². The van der Waals surface area contributed by atoms with Gasteiger partial charge in [0.2, 0.25) is 5.91 Å². The first-order valence-electron chi connectivity index (χ1n) is 11.0. The van der Waals surface area contributed by atoms with E-state index in [0.29, 0.717) is 29.6 Å². The summed E-state index contributed by atoms with van der Waals surface area (Å²) in [6, 6.07) is 10.7. The molecule has 0 fully saturated rings. The van der Waals surface area contributed by atoms with Crippen LogP contribution in [0.25, 0.3) is 0 Å². The van der Waals surface area contributed by atoms with Crippen LogP contribution in [0.4, 0.5) is 5.69 Å². The van der Waals surface area contributed by atoms with Gasteiger partial charge in [-0.3, -0.25) is 9.59 Å². The Balaban J connectivity index is 1.32. The van der Waals surface area contributed by atoms with Gasteiger partial charge in [-0.2, -0.15) is 0 Å². The minimum absolute atomic E-state index is 0.138. The molecule has 0 spiro atoms. The minimum Gasteiger partial charge on any atom is -0.494 e. The van der Waals surface area contributed by atoms with Crippen LogP contribution in [0, 0.1) is 0 Å². The first-order chi connectivity index (χ1) is 16.4. The van der Waals surface area contributed by atoms with Crippen molar-refractivity contribution in [3.63, 3.8) is 0 Å². The molecule has 2 N–H and O–H groups in total. The summed E-state index contributed by atoms with van der Waals surface area (Å²) in [5.74, 6) is 1.43. The highest BCUT2D eigenvalue weighted by molar-refractivity contribution is 7.99. The van der Waals surface area contributed by atoms with E-state index < -0.39 is 0 Å². The summed E-state index contributed by atoms with van der Waals surface area (Å²) in [6.45, 7) is 4.82. The predicted molar refractivity (Wildman–Crippen MR) is 129 cm³/mol. The van der Waals surface area contributed by atoms with Crippen molar-refractivity contribution in [1.29, 1.82) is 0 Å². The molecule has 1 aliphatic rings. The van der Waals surface area contributed by atoms with Crippen molar-refractivity contribution < 1.29 is 19.1 Å². The number of fused-ring (bicyclic) bond motifs is 1. The van der Waals surface area contributed by atoms with Crippen molar-refractivity contribution in [2.45, 2.75) is 38.1 Å². The summed E-state index contributed by atoms with van der Waals surface area (Å²) < 4.78 is 13.4. The zero-order valence-corrected chi connectivity index (χ0v) is 20.1. The molecule has 0 saturated heterocycles. The first-order valence-corrected chi connectivity index (χ1v) is 12.0. The van der Waals surface area contributed by atoms with Gasteiger partial charge < -0.3 is 24.7 Å². The van der Waals surface area contributed by atoms with Crippen molar-refractivity contribution in [2.75, 3.05) is 17.7 Å². The number of nitrogens with zero attached hydrogens (tertiary/aromatic N) is 3. The SMILES string of the molecule is CCOc1cc2c(cc1CNC(=O)c1ccc(NC(=O)CSc3nncn3C)cc1)O[C@H](C)C2. The molecule has 1 atom stereocenters. The minimum atomic E-state index is -0.215. The summed E-state index contributed by atoms with van der Waals surface area (Å²) in [6.07, 6.45) is 2.57. The zero-order valence-electron chi connectivity index (χ0n) is 19.3. The standard InChI is InChI=1S/C24H27N5O4S/c1-4-32-20-10-17-9-15(2)33-21(17)11-18(20)12-25-23(31)16-5-7-19(8-6-16)27-22(30)13-34-24-28-26-14-29(24)3/h5-8,10-11,14-15H,4,9,12-13H2,1-3H3,(H,25,31)(H,27,30)/t15-/m1/s1. The van der Waals surface area contributed by atoms with Crippen LogP contribution in [0.1, 0.15) is 35.3 Å². The van der Waals surface area contributed by atoms with Gasteiger partial charge in [0.05, 0.1) is 12.4 Å². The van der Waals surface area contributed by atoms with Gasteiger partial charge >= 0.3 is 0 Å². The summed E-state index contributed by atoms with van der Waals surface area (Å²) in [5.41, 5.74) is 3.10. The monoisotopic (exact) mass is 481 g/mol. The van der Waals surface area contributed by atoms with Gasteiger partial charge in [0.1, 0.15) is 23.9 Å². The largest absolute Gasteiger partial charge is 0.494 e. The molecule has 34 heavy (non-hydrogen) atoms. The lowest BCUT2D eigenvalue weighted by atomic mass is 10.1. The molecule has 1 aromatic heterocycles. The van der Waals surface area contributed by atoms with E-state index in [9.17, 15) is 9.59 Å². The van der Waals surface area contributed by atoms with E-state index in [0.717, 1.165) is 29.0 Å². The Bertz CT molecular complexity index is 1180. The Kier molecular flexibility index (Phi) is 7.36. The lowest BCUT2D eigenvalue weighted by Gasteiger charge is -2.13. The molecule has 0 bridgehead atoms. The molecule has 10 heteroatoms. The molecule has 3 aromatic rings. The molecular formula is C24H27N5O4S. The van der Waals surface area contributed by atoms with Crippen LogP contribution >= 0.6 is 11.8 Å². The molecule has 0 radical (unpaired) electrons. The van der Waals surface area contributed by atoms with Gasteiger partial charge in [-0.05, 0) is 50.2 Å². The number of ether oxygens (including phenoxy) is 2. The van der Waals surface area contributed by atoms with Gasteiger partial charge in [0, 0.05) is 42.4 Å². The quantitative estimate of drug-likeness (QED) is 0.452. The smallest absolute Gasteiger partial charge is 0.251 e. The summed E-state index contributed by atoms with van der Waals surface area (Å²) in [7, 11) is 1.82. The maximum Gasteiger partial charge on any atom is 0.251 e. The van der Waals surface area contributed by atoms with Crippen molar-refractivity contribution in [2.24, 2.45) is 7.05 Å². The number of benzene rings is 2. The Morgan fingerprint density at radius 3 is 2.76 bits per heavy atom. The van der Waals surface area contributed by atoms with Gasteiger partial charge in [-0.15, -0.1) is 10.2 Å². The molecule has 2 aromatic carbocycles. The molecule has 4 rings (SSSR count). The average molecular weight is 482 g/mol. The Labute approximate surface area is 202 Å². The van der Waals surface area contributed by atoms with Crippen molar-refractivity contribution in [3.8, 4) is 11.5 Å². The van der Waals surface area contributed by atoms with Crippen molar-refractivity contribution in [3.05, 3.63) is 59.4 Å². The fourth-order valence-electron chi connectivity index (χ4n) is 3.62. The van der Waals surface area contributed by atoms with Crippen molar-refractivity contribution in [1.82, 2.24) is 20.1 Å². The number of aromatic nitrogens is 3. The van der Waals surface area contributed by atoms with E-state index in [1.807, 2.05) is 33.0 Å². The molecule has 9 nitrogen and oxygen atoms in total. The molecule has 0 aliphatic carbocycles. The maximum absolute atomic E-state index is 12.7. The van der Waals surface area contributed by atoms with Crippen LogP contribution in [0.5, 0.6) is 11.5 Å². The summed E-state index contributed by atoms with van der Waals surface area (Å²) in [4.78, 5) is 24.9. The average Bonchev–Trinajstić information content (AvgIpc) is 3.40. The maximum atomic E-state index is 12.7. The van der Waals surface area contributed by atoms with Gasteiger partial charge in [0.15, 0.2) is 5.16 Å². The number of carbonyl (C=O) groups is 2. The molecule has 2 amide bonds. The molecule has 178 valence electrons. The van der Waals surface area contributed by atoms with Crippen LogP contribution in [-0.4, -0.2) is 45.0 Å². The first kappa shape index (κ1) is 23.6. The van der Waals surface area contributed by atoms with E-state index in [2.05, 4.69) is 20.8 Å². The molecular weight excluding hydrogens is 454 g/mol. The lowest BCUT2D eigenvalue weighted by molar-refractivity contribution is -0.113. The van der Waals surface area contributed by atoms with Gasteiger partial charge in [-0.25, -0.2) is 0 Å². The fourth-order valence-corrected chi connectivity index (χ4v) is 4.31. The van der Waals surface area contributed by atoms with Crippen LogP contribution in [0.15, 0.2) is 47.9 Å². The number of thioether (sulfide) groups is 1. The van der Waals surface area contributed by atoms with Crippen molar-refractivity contribution >= 4 is 29.3 Å². The Morgan fingerprint density at radius 1 is 1.26 bits per heavy atom. The number of anilines is 1. The topological polar surface area (TPSA) is 107 Å². The number of aryl methyl sites for hydroxylation is 1. The number of hydrogen-bond acceptors (Lipinski definition) is 7. The number of rotatable bonds is 9. The second kappa shape index (κ2) is 10.6. The number of hydrogen-bond donors (Lipinski definition) is 2. The predicted octanol–water partition coefficient (Wildman–Crippen LogP) is 3.20. The van der Waals surface area contributed by atoms with E-state index in [4.69, 9.17) is 9.47 Å². The zero-order chi connectivity index (χ0) is 24.1. The third kappa shape index (κ3) is 5.69. The third-order valence-electron chi connectivity index (χ3n) is 5.25. The number of carbonyl (C=O) groups excluding carboxylic acids is 2. The molecule has 1 aliphatic heterocycles. The van der Waals surface area contributed by atoms with E-state index in [-0.39, 0.29) is 23.7 Å². The number of nitrogens with one attached hydrogen (secondary N) is 2. The van der Waals surface area contributed by atoms with E-state index in [1.165, 1.54) is 11.8 Å². The van der Waals surface area contributed by atoms with Crippen LogP contribution in [-0.2, 0) is 24.8 Å². The second-order valence-electron chi connectivity index (χ2n) is 7.95. The lowest BCUT2D eigenvalue weighted by Crippen LogP contribution is -2.23. The summed E-state index contributed by atoms with van der Waals surface area (Å²) in [5, 5.41) is 14.1. The van der Waals surface area contributed by atoms with E-state index in [1.54, 1.807) is 35.2 Å². The number of amides is 2. The fraction of sp³-hybridized carbons (Fsp3) is 0.333. The Morgan fingerprint density at radius 2 is 2.06 bits per heavy atom. The highest BCUT2D eigenvalue weighted by Crippen LogP contribution is 2.35. The van der Waals surface area contributed by atoms with Crippen LogP contribution in [0.2, 0.25) is 0 Å². The highest BCUT2D eigenvalue weighted by Gasteiger charge is 2.22. The van der Waals surface area contributed by atoms with Gasteiger partial charge in [-0.1, -0.05) is 11.8 Å². The third-order valence-corrected chi connectivity index (χ3v) is 6.29. The summed E-state index contributed by atoms with van der Waals surface area (Å²) >= 11 is 1.30. The molecule has 0 unspecified atom stereocenters. The molecule has 2 heterocycles. The van der Waals surface area contributed by atoms with E-state index >= 15 is 0 Å².